The van der Waals surface area contributed by atoms with Crippen LogP contribution in [0, 0.1) is 5.92 Å². The Labute approximate surface area is 128 Å². The lowest BCUT2D eigenvalue weighted by molar-refractivity contribution is -0.0436. The summed E-state index contributed by atoms with van der Waals surface area (Å²) in [6.07, 6.45) is 5.09. The van der Waals surface area contributed by atoms with E-state index in [9.17, 15) is 5.11 Å². The SMILES string of the molecule is CCOCCCC[C@@](O)(c1ccccc1)[C@@H]1CCCNC1. The van der Waals surface area contributed by atoms with Crippen LogP contribution in [0.1, 0.15) is 44.6 Å². The van der Waals surface area contributed by atoms with Gasteiger partial charge in [-0.15, -0.1) is 0 Å². The molecule has 1 saturated heterocycles. The van der Waals surface area contributed by atoms with Gasteiger partial charge in [-0.25, -0.2) is 0 Å². The summed E-state index contributed by atoms with van der Waals surface area (Å²) in [6.45, 7) is 5.58. The Morgan fingerprint density at radius 1 is 1.29 bits per heavy atom. The van der Waals surface area contributed by atoms with Gasteiger partial charge in [0.15, 0.2) is 0 Å². The number of ether oxygens (including phenoxy) is 1. The van der Waals surface area contributed by atoms with Gasteiger partial charge in [0.1, 0.15) is 0 Å². The molecule has 0 radical (unpaired) electrons. The van der Waals surface area contributed by atoms with Crippen molar-refractivity contribution in [3.05, 3.63) is 35.9 Å². The van der Waals surface area contributed by atoms with Gasteiger partial charge >= 0.3 is 0 Å². The maximum Gasteiger partial charge on any atom is 0.0936 e. The van der Waals surface area contributed by atoms with Crippen LogP contribution in [-0.2, 0) is 10.3 Å². The molecule has 1 heterocycles. The molecule has 0 spiro atoms. The predicted octanol–water partition coefficient (Wildman–Crippen LogP) is 3.08. The first-order chi connectivity index (χ1) is 10.3. The van der Waals surface area contributed by atoms with Crippen LogP contribution in [-0.4, -0.2) is 31.4 Å². The van der Waals surface area contributed by atoms with Gasteiger partial charge in [-0.1, -0.05) is 30.3 Å². The van der Waals surface area contributed by atoms with Crippen molar-refractivity contribution < 1.29 is 9.84 Å². The van der Waals surface area contributed by atoms with E-state index in [-0.39, 0.29) is 0 Å². The number of benzene rings is 1. The molecule has 21 heavy (non-hydrogen) atoms. The summed E-state index contributed by atoms with van der Waals surface area (Å²) in [5, 5.41) is 14.8. The van der Waals surface area contributed by atoms with E-state index in [2.05, 4.69) is 17.4 Å². The third-order valence-corrected chi connectivity index (χ3v) is 4.55. The highest BCUT2D eigenvalue weighted by molar-refractivity contribution is 5.23. The van der Waals surface area contributed by atoms with Crippen LogP contribution >= 0.6 is 0 Å². The van der Waals surface area contributed by atoms with Crippen LogP contribution < -0.4 is 5.32 Å². The lowest BCUT2D eigenvalue weighted by Crippen LogP contribution is -2.44. The summed E-state index contributed by atoms with van der Waals surface area (Å²) in [4.78, 5) is 0. The molecule has 2 rings (SSSR count). The van der Waals surface area contributed by atoms with Crippen LogP contribution in [0.4, 0.5) is 0 Å². The zero-order chi connectivity index (χ0) is 15.0. The smallest absolute Gasteiger partial charge is 0.0936 e. The van der Waals surface area contributed by atoms with Crippen LogP contribution in [0.2, 0.25) is 0 Å². The molecule has 0 saturated carbocycles. The molecular weight excluding hydrogens is 262 g/mol. The largest absolute Gasteiger partial charge is 0.385 e. The quantitative estimate of drug-likeness (QED) is 0.723. The summed E-state index contributed by atoms with van der Waals surface area (Å²) in [7, 11) is 0. The molecule has 2 N–H and O–H groups in total. The molecule has 0 aromatic heterocycles. The molecule has 1 aliphatic rings. The summed E-state index contributed by atoms with van der Waals surface area (Å²) in [5.41, 5.74) is 0.357. The second-order valence-electron chi connectivity index (χ2n) is 5.99. The molecule has 1 aliphatic heterocycles. The van der Waals surface area contributed by atoms with Crippen molar-refractivity contribution in [2.45, 2.75) is 44.6 Å². The minimum atomic E-state index is -0.707. The van der Waals surface area contributed by atoms with Crippen molar-refractivity contribution in [3.63, 3.8) is 0 Å². The van der Waals surface area contributed by atoms with Gasteiger partial charge in [-0.3, -0.25) is 0 Å². The van der Waals surface area contributed by atoms with E-state index < -0.39 is 5.60 Å². The van der Waals surface area contributed by atoms with Crippen molar-refractivity contribution in [3.8, 4) is 0 Å². The molecule has 3 heteroatoms. The maximum absolute atomic E-state index is 11.4. The Hall–Kier alpha value is -0.900. The number of aliphatic hydroxyl groups is 1. The van der Waals surface area contributed by atoms with Crippen LogP contribution in [0.15, 0.2) is 30.3 Å². The summed E-state index contributed by atoms with van der Waals surface area (Å²) in [5.74, 6) is 0.306. The van der Waals surface area contributed by atoms with Crippen molar-refractivity contribution in [1.29, 1.82) is 0 Å². The normalized spacial score (nSPS) is 21.9. The molecule has 0 aliphatic carbocycles. The monoisotopic (exact) mass is 291 g/mol. The molecule has 0 bridgehead atoms. The first kappa shape index (κ1) is 16.5. The minimum Gasteiger partial charge on any atom is -0.385 e. The first-order valence-corrected chi connectivity index (χ1v) is 8.33. The molecule has 118 valence electrons. The van der Waals surface area contributed by atoms with E-state index in [0.29, 0.717) is 5.92 Å². The van der Waals surface area contributed by atoms with Crippen molar-refractivity contribution in [2.24, 2.45) is 5.92 Å². The summed E-state index contributed by atoms with van der Waals surface area (Å²) < 4.78 is 5.41. The van der Waals surface area contributed by atoms with E-state index >= 15 is 0 Å². The Bertz CT molecular complexity index is 389. The van der Waals surface area contributed by atoms with Crippen molar-refractivity contribution >= 4 is 0 Å². The molecule has 3 nitrogen and oxygen atoms in total. The van der Waals surface area contributed by atoms with E-state index in [4.69, 9.17) is 4.74 Å². The second-order valence-corrected chi connectivity index (χ2v) is 5.99. The van der Waals surface area contributed by atoms with Crippen LogP contribution in [0.3, 0.4) is 0 Å². The molecule has 0 amide bonds. The van der Waals surface area contributed by atoms with E-state index in [0.717, 1.165) is 64.0 Å². The number of hydrogen-bond donors (Lipinski definition) is 2. The van der Waals surface area contributed by atoms with Crippen LogP contribution in [0.5, 0.6) is 0 Å². The third kappa shape index (κ3) is 4.53. The average molecular weight is 291 g/mol. The van der Waals surface area contributed by atoms with E-state index in [1.165, 1.54) is 0 Å². The number of rotatable bonds is 8. The number of unbranched alkanes of at least 4 members (excludes halogenated alkanes) is 1. The zero-order valence-electron chi connectivity index (χ0n) is 13.2. The predicted molar refractivity (Wildman–Crippen MR) is 86.3 cm³/mol. The lowest BCUT2D eigenvalue weighted by Gasteiger charge is -2.39. The van der Waals surface area contributed by atoms with Gasteiger partial charge in [0, 0.05) is 25.7 Å². The highest BCUT2D eigenvalue weighted by Crippen LogP contribution is 2.38. The molecule has 0 unspecified atom stereocenters. The van der Waals surface area contributed by atoms with E-state index in [1.54, 1.807) is 0 Å². The number of hydrogen-bond acceptors (Lipinski definition) is 3. The van der Waals surface area contributed by atoms with Gasteiger partial charge in [0.05, 0.1) is 5.60 Å². The first-order valence-electron chi connectivity index (χ1n) is 8.33. The van der Waals surface area contributed by atoms with Gasteiger partial charge in [0.2, 0.25) is 0 Å². The fraction of sp³-hybridized carbons (Fsp3) is 0.667. The standard InChI is InChI=1S/C18H29NO2/c1-2-21-14-7-6-12-18(20,16-9-4-3-5-10-16)17-11-8-13-19-15-17/h3-5,9-10,17,19-20H,2,6-8,11-15H2,1H3/t17-,18-/m1/s1. The van der Waals surface area contributed by atoms with Gasteiger partial charge in [-0.05, 0) is 51.1 Å². The summed E-state index contributed by atoms with van der Waals surface area (Å²) >= 11 is 0. The highest BCUT2D eigenvalue weighted by Gasteiger charge is 2.38. The highest BCUT2D eigenvalue weighted by atomic mass is 16.5. The fourth-order valence-corrected chi connectivity index (χ4v) is 3.31. The molecule has 1 fully saturated rings. The summed E-state index contributed by atoms with van der Waals surface area (Å²) in [6, 6.07) is 10.2. The average Bonchev–Trinajstić information content (AvgIpc) is 2.56. The Kier molecular flexibility index (Phi) is 6.68. The van der Waals surface area contributed by atoms with Crippen LogP contribution in [0.25, 0.3) is 0 Å². The Balaban J connectivity index is 2.02. The van der Waals surface area contributed by atoms with Crippen molar-refractivity contribution in [2.75, 3.05) is 26.3 Å². The number of piperidine rings is 1. The maximum atomic E-state index is 11.4. The Morgan fingerprint density at radius 2 is 2.10 bits per heavy atom. The fourth-order valence-electron chi connectivity index (χ4n) is 3.31. The van der Waals surface area contributed by atoms with Gasteiger partial charge in [0.25, 0.3) is 0 Å². The Morgan fingerprint density at radius 3 is 2.76 bits per heavy atom. The van der Waals surface area contributed by atoms with Gasteiger partial charge < -0.3 is 15.2 Å². The topological polar surface area (TPSA) is 41.5 Å². The van der Waals surface area contributed by atoms with Crippen molar-refractivity contribution in [1.82, 2.24) is 5.32 Å². The third-order valence-electron chi connectivity index (χ3n) is 4.55. The van der Waals surface area contributed by atoms with E-state index in [1.807, 2.05) is 25.1 Å². The zero-order valence-corrected chi connectivity index (χ0v) is 13.2. The lowest BCUT2D eigenvalue weighted by atomic mass is 9.74. The number of nitrogens with one attached hydrogen (secondary N) is 1. The molecular formula is C18H29NO2. The molecule has 2 atom stereocenters. The second kappa shape index (κ2) is 8.52. The molecule has 1 aromatic carbocycles. The van der Waals surface area contributed by atoms with Gasteiger partial charge in [-0.2, -0.15) is 0 Å². The minimum absolute atomic E-state index is 0.306. The molecule has 1 aromatic rings.